The van der Waals surface area contributed by atoms with Crippen LogP contribution in [0, 0.1) is 0 Å². The van der Waals surface area contributed by atoms with Gasteiger partial charge in [0.15, 0.2) is 0 Å². The summed E-state index contributed by atoms with van der Waals surface area (Å²) in [7, 11) is 0. The van der Waals surface area contributed by atoms with E-state index >= 15 is 0 Å². The zero-order chi connectivity index (χ0) is 16.9. The van der Waals surface area contributed by atoms with Crippen molar-refractivity contribution in [3.8, 4) is 5.75 Å². The molecule has 24 heavy (non-hydrogen) atoms. The molecule has 9 heteroatoms. The average molecular weight is 383 g/mol. The molecule has 0 unspecified atom stereocenters. The molecule has 0 aliphatic rings. The first-order valence-electron chi connectivity index (χ1n) is 6.80. The van der Waals surface area contributed by atoms with Gasteiger partial charge in [0.05, 0.1) is 16.3 Å². The molecule has 0 N–H and O–H groups in total. The molecule has 3 rings (SSSR count). The summed E-state index contributed by atoms with van der Waals surface area (Å²) in [4.78, 5) is 0. The number of ether oxygens (including phenoxy) is 1. The average Bonchev–Trinajstić information content (AvgIpc) is 3.22. The smallest absolute Gasteiger partial charge is 0.211 e. The lowest BCUT2D eigenvalue weighted by Crippen LogP contribution is -1.94. The molecule has 2 aromatic heterocycles. The maximum Gasteiger partial charge on any atom is 0.211 e. The predicted molar refractivity (Wildman–Crippen MR) is 94.3 cm³/mol. The van der Waals surface area contributed by atoms with Crippen LogP contribution >= 0.6 is 35.0 Å². The van der Waals surface area contributed by atoms with Crippen molar-refractivity contribution >= 4 is 41.2 Å². The normalized spacial score (nSPS) is 11.3. The summed E-state index contributed by atoms with van der Waals surface area (Å²) in [6.07, 6.45) is 5.02. The van der Waals surface area contributed by atoms with Gasteiger partial charge in [-0.1, -0.05) is 35.0 Å². The van der Waals surface area contributed by atoms with Gasteiger partial charge in [-0.2, -0.15) is 9.78 Å². The Morgan fingerprint density at radius 2 is 2.17 bits per heavy atom. The van der Waals surface area contributed by atoms with Gasteiger partial charge < -0.3 is 9.15 Å². The van der Waals surface area contributed by atoms with E-state index in [1.165, 1.54) is 18.1 Å². The molecule has 6 nitrogen and oxygen atoms in total. The first kappa shape index (κ1) is 16.9. The summed E-state index contributed by atoms with van der Waals surface area (Å²) >= 11 is 13.3. The van der Waals surface area contributed by atoms with Crippen molar-refractivity contribution < 1.29 is 9.15 Å². The molecular weight excluding hydrogens is 371 g/mol. The third-order valence-electron chi connectivity index (χ3n) is 2.95. The fourth-order valence-electron chi connectivity index (χ4n) is 1.81. The molecule has 0 spiro atoms. The van der Waals surface area contributed by atoms with Crippen LogP contribution < -0.4 is 4.74 Å². The maximum absolute atomic E-state index is 5.95. The molecule has 0 saturated carbocycles. The topological polar surface area (TPSA) is 65.4 Å². The number of thioether (sulfide) groups is 1. The van der Waals surface area contributed by atoms with Crippen LogP contribution in [0.15, 0.2) is 51.3 Å². The molecule has 0 amide bonds. The quantitative estimate of drug-likeness (QED) is 0.467. The van der Waals surface area contributed by atoms with Gasteiger partial charge in [-0.05, 0) is 30.5 Å². The Balaban J connectivity index is 1.62. The molecule has 0 aliphatic carbocycles. The van der Waals surface area contributed by atoms with Gasteiger partial charge in [-0.3, -0.25) is 0 Å². The maximum atomic E-state index is 5.95. The van der Waals surface area contributed by atoms with E-state index < -0.39 is 0 Å². The molecular formula is C15H12Cl2N4O2S. The summed E-state index contributed by atoms with van der Waals surface area (Å²) in [5.74, 6) is 1.88. The first-order valence-corrected chi connectivity index (χ1v) is 8.78. The molecule has 0 bridgehead atoms. The highest BCUT2D eigenvalue weighted by Gasteiger charge is 2.05. The predicted octanol–water partition coefficient (Wildman–Crippen LogP) is 4.36. The second-order valence-corrected chi connectivity index (χ2v) is 6.16. The van der Waals surface area contributed by atoms with Crippen LogP contribution in [-0.4, -0.2) is 27.3 Å². The highest BCUT2D eigenvalue weighted by atomic mass is 35.5. The van der Waals surface area contributed by atoms with Crippen molar-refractivity contribution in [3.63, 3.8) is 0 Å². The van der Waals surface area contributed by atoms with Crippen molar-refractivity contribution in [1.82, 2.24) is 14.9 Å². The van der Waals surface area contributed by atoms with Crippen molar-refractivity contribution in [3.05, 3.63) is 58.2 Å². The number of aromatic nitrogens is 3. The van der Waals surface area contributed by atoms with Gasteiger partial charge >= 0.3 is 0 Å². The standard InChI is InChI=1S/C15H12Cl2N4O2S/c1-24-15-20-18-9-21(15)19-7-11-2-3-12(23-11)8-22-10-4-5-13(16)14(17)6-10/h2-7,9H,8H2,1H3. The number of benzene rings is 1. The zero-order valence-electron chi connectivity index (χ0n) is 12.5. The number of hydrogen-bond acceptors (Lipinski definition) is 6. The Morgan fingerprint density at radius 3 is 2.96 bits per heavy atom. The van der Waals surface area contributed by atoms with Crippen molar-refractivity contribution in [2.75, 3.05) is 6.26 Å². The minimum Gasteiger partial charge on any atom is -0.486 e. The van der Waals surface area contributed by atoms with Gasteiger partial charge in [-0.15, -0.1) is 10.2 Å². The number of halogens is 2. The summed E-state index contributed by atoms with van der Waals surface area (Å²) in [5.41, 5.74) is 0. The lowest BCUT2D eigenvalue weighted by Gasteiger charge is -2.05. The second-order valence-electron chi connectivity index (χ2n) is 4.58. The third kappa shape index (κ3) is 4.11. The lowest BCUT2D eigenvalue weighted by molar-refractivity contribution is 0.270. The summed E-state index contributed by atoms with van der Waals surface area (Å²) in [5, 5.41) is 13.6. The van der Waals surface area contributed by atoms with Crippen LogP contribution in [0.2, 0.25) is 10.0 Å². The lowest BCUT2D eigenvalue weighted by atomic mass is 10.3. The largest absolute Gasteiger partial charge is 0.486 e. The number of rotatable bonds is 6. The van der Waals surface area contributed by atoms with E-state index in [9.17, 15) is 0 Å². The molecule has 124 valence electrons. The Morgan fingerprint density at radius 1 is 1.29 bits per heavy atom. The van der Waals surface area contributed by atoms with E-state index in [1.807, 2.05) is 12.3 Å². The molecule has 0 aliphatic heterocycles. The first-order chi connectivity index (χ1) is 11.7. The minimum atomic E-state index is 0.272. The molecule has 1 aromatic carbocycles. The monoisotopic (exact) mass is 382 g/mol. The zero-order valence-corrected chi connectivity index (χ0v) is 14.8. The number of hydrogen-bond donors (Lipinski definition) is 0. The summed E-state index contributed by atoms with van der Waals surface area (Å²) < 4.78 is 12.8. The van der Waals surface area contributed by atoms with Gasteiger partial charge in [-0.25, -0.2) is 0 Å². The van der Waals surface area contributed by atoms with Crippen LogP contribution in [0.1, 0.15) is 11.5 Å². The van der Waals surface area contributed by atoms with E-state index in [4.69, 9.17) is 32.4 Å². The summed E-state index contributed by atoms with van der Waals surface area (Å²) in [6.45, 7) is 0.272. The number of nitrogens with zero attached hydrogens (tertiary/aromatic N) is 4. The molecule has 3 aromatic rings. The van der Waals surface area contributed by atoms with Crippen molar-refractivity contribution in [2.45, 2.75) is 11.8 Å². The molecule has 0 fully saturated rings. The van der Waals surface area contributed by atoms with Crippen molar-refractivity contribution in [1.29, 1.82) is 0 Å². The van der Waals surface area contributed by atoms with Gasteiger partial charge in [0, 0.05) is 6.07 Å². The fourth-order valence-corrected chi connectivity index (χ4v) is 2.51. The van der Waals surface area contributed by atoms with Crippen LogP contribution in [-0.2, 0) is 6.61 Å². The Kier molecular flexibility index (Phi) is 5.44. The summed E-state index contributed by atoms with van der Waals surface area (Å²) in [6, 6.07) is 8.71. The van der Waals surface area contributed by atoms with E-state index in [2.05, 4.69) is 15.3 Å². The van der Waals surface area contributed by atoms with E-state index in [0.29, 0.717) is 32.5 Å². The molecule has 2 heterocycles. The Hall–Kier alpha value is -1.96. The Labute approximate surface area is 152 Å². The van der Waals surface area contributed by atoms with Gasteiger partial charge in [0.1, 0.15) is 30.2 Å². The minimum absolute atomic E-state index is 0.272. The van der Waals surface area contributed by atoms with Crippen LogP contribution in [0.3, 0.4) is 0 Å². The van der Waals surface area contributed by atoms with E-state index in [1.54, 1.807) is 35.2 Å². The Bertz CT molecular complexity index is 863. The highest BCUT2D eigenvalue weighted by Crippen LogP contribution is 2.26. The molecule has 0 radical (unpaired) electrons. The van der Waals surface area contributed by atoms with Gasteiger partial charge in [0.2, 0.25) is 5.16 Å². The number of furan rings is 1. The molecule has 0 atom stereocenters. The SMILES string of the molecule is CSc1nncn1N=Cc1ccc(COc2ccc(Cl)c(Cl)c2)o1. The van der Waals surface area contributed by atoms with E-state index in [-0.39, 0.29) is 6.61 Å². The van der Waals surface area contributed by atoms with E-state index in [0.717, 1.165) is 0 Å². The van der Waals surface area contributed by atoms with Crippen LogP contribution in [0.25, 0.3) is 0 Å². The van der Waals surface area contributed by atoms with Crippen LogP contribution in [0.4, 0.5) is 0 Å². The highest BCUT2D eigenvalue weighted by molar-refractivity contribution is 7.98. The molecule has 0 saturated heterocycles. The second kappa shape index (κ2) is 7.74. The van der Waals surface area contributed by atoms with Gasteiger partial charge in [0.25, 0.3) is 0 Å². The van der Waals surface area contributed by atoms with Crippen molar-refractivity contribution in [2.24, 2.45) is 5.10 Å². The fraction of sp³-hybridized carbons (Fsp3) is 0.133. The van der Waals surface area contributed by atoms with Crippen LogP contribution in [0.5, 0.6) is 5.75 Å². The third-order valence-corrected chi connectivity index (χ3v) is 4.32.